The second-order valence-electron chi connectivity index (χ2n) is 6.34. The quantitative estimate of drug-likeness (QED) is 0.416. The van der Waals surface area contributed by atoms with Crippen LogP contribution in [-0.2, 0) is 14.4 Å². The van der Waals surface area contributed by atoms with Crippen molar-refractivity contribution in [1.29, 1.82) is 0 Å². The van der Waals surface area contributed by atoms with Gasteiger partial charge in [-0.2, -0.15) is 0 Å². The molecule has 0 aromatic carbocycles. The maximum absolute atomic E-state index is 12.9. The predicted octanol–water partition coefficient (Wildman–Crippen LogP) is 0.990. The highest BCUT2D eigenvalue weighted by molar-refractivity contribution is 7.99. The van der Waals surface area contributed by atoms with Crippen LogP contribution in [0.1, 0.15) is 29.4 Å². The number of hydrogen-bond acceptors (Lipinski definition) is 7. The molecule has 1 aliphatic rings. The van der Waals surface area contributed by atoms with Gasteiger partial charge in [0.25, 0.3) is 0 Å². The van der Waals surface area contributed by atoms with Crippen molar-refractivity contribution >= 4 is 40.9 Å². The lowest BCUT2D eigenvalue weighted by molar-refractivity contribution is -0.146. The van der Waals surface area contributed by atoms with Crippen LogP contribution in [0.3, 0.4) is 0 Å². The molecule has 0 spiro atoms. The average molecular weight is 416 g/mol. The summed E-state index contributed by atoms with van der Waals surface area (Å²) in [5, 5.41) is 23.5. The molecule has 1 amide bonds. The van der Waals surface area contributed by atoms with Gasteiger partial charge in [0.15, 0.2) is 0 Å². The van der Waals surface area contributed by atoms with Crippen molar-refractivity contribution in [3.63, 3.8) is 0 Å². The zero-order valence-electron chi connectivity index (χ0n) is 14.9. The van der Waals surface area contributed by atoms with Crippen LogP contribution in [0.2, 0.25) is 0 Å². The second-order valence-corrected chi connectivity index (χ2v) is 8.56. The van der Waals surface area contributed by atoms with E-state index >= 15 is 0 Å². The number of carboxylic acids is 2. The lowest BCUT2D eigenvalue weighted by atomic mass is 10.1. The van der Waals surface area contributed by atoms with E-state index in [2.05, 4.69) is 5.32 Å². The van der Waals surface area contributed by atoms with E-state index in [1.54, 1.807) is 23.1 Å². The average Bonchev–Trinajstić information content (AvgIpc) is 3.10. The Morgan fingerprint density at radius 3 is 2.74 bits per heavy atom. The number of unbranched alkanes of at least 4 members (excludes halogenated alkanes) is 1. The molecule has 5 N–H and O–H groups in total. The van der Waals surface area contributed by atoms with E-state index in [1.165, 1.54) is 4.90 Å². The van der Waals surface area contributed by atoms with Gasteiger partial charge in [0.05, 0.1) is 11.3 Å². The number of amides is 1. The molecule has 1 aromatic heterocycles. The molecule has 0 bridgehead atoms. The van der Waals surface area contributed by atoms with E-state index < -0.39 is 30.6 Å². The lowest BCUT2D eigenvalue weighted by Gasteiger charge is -2.26. The molecule has 1 saturated heterocycles. The van der Waals surface area contributed by atoms with Crippen molar-refractivity contribution < 1.29 is 24.6 Å². The third kappa shape index (κ3) is 6.49. The second kappa shape index (κ2) is 10.6. The number of nitrogens with one attached hydrogen (secondary N) is 1. The molecular weight excluding hydrogens is 390 g/mol. The number of carboxylic acid groups (broad SMARTS) is 2. The summed E-state index contributed by atoms with van der Waals surface area (Å²) in [7, 11) is 0. The summed E-state index contributed by atoms with van der Waals surface area (Å²) in [5.41, 5.74) is 5.46. The molecule has 0 aliphatic carbocycles. The standard InChI is InChI=1S/C17H25N3O5S2/c18-6-2-1-4-11(17(24)25)19-12-10-27-14(13-5-3-7-26-13)8-20(16(12)23)9-15(21)22/h3,5,7,11-12,14,19H,1-2,4,6,8-10,18H2,(H,21,22)(H,24,25)/t11-,12?,14?/m1/s1. The molecule has 2 heterocycles. The number of nitrogens with zero attached hydrogens (tertiary/aromatic N) is 1. The van der Waals surface area contributed by atoms with E-state index in [0.29, 0.717) is 38.1 Å². The normalized spacial score (nSPS) is 21.7. The van der Waals surface area contributed by atoms with Gasteiger partial charge in [-0.25, -0.2) is 0 Å². The van der Waals surface area contributed by atoms with Crippen molar-refractivity contribution in [1.82, 2.24) is 10.2 Å². The van der Waals surface area contributed by atoms with Gasteiger partial charge in [0.1, 0.15) is 12.6 Å². The first-order chi connectivity index (χ1) is 12.9. The Morgan fingerprint density at radius 2 is 2.15 bits per heavy atom. The van der Waals surface area contributed by atoms with Crippen molar-refractivity contribution in [2.75, 3.05) is 25.4 Å². The Morgan fingerprint density at radius 1 is 1.37 bits per heavy atom. The van der Waals surface area contributed by atoms with Crippen LogP contribution in [0.4, 0.5) is 0 Å². The molecule has 1 aromatic rings. The molecule has 1 aliphatic heterocycles. The van der Waals surface area contributed by atoms with Crippen LogP contribution < -0.4 is 11.1 Å². The fourth-order valence-electron chi connectivity index (χ4n) is 2.93. The zero-order valence-corrected chi connectivity index (χ0v) is 16.5. The smallest absolute Gasteiger partial charge is 0.323 e. The third-order valence-electron chi connectivity index (χ3n) is 4.29. The first-order valence-electron chi connectivity index (χ1n) is 8.77. The molecule has 0 saturated carbocycles. The maximum Gasteiger partial charge on any atom is 0.323 e. The highest BCUT2D eigenvalue weighted by Gasteiger charge is 2.35. The summed E-state index contributed by atoms with van der Waals surface area (Å²) in [4.78, 5) is 38.0. The fraction of sp³-hybridized carbons (Fsp3) is 0.588. The summed E-state index contributed by atoms with van der Waals surface area (Å²) in [6.07, 6.45) is 1.73. The van der Waals surface area contributed by atoms with Crippen LogP contribution >= 0.6 is 23.1 Å². The minimum absolute atomic E-state index is 0.0272. The maximum atomic E-state index is 12.9. The van der Waals surface area contributed by atoms with Crippen molar-refractivity contribution in [3.05, 3.63) is 22.4 Å². The summed E-state index contributed by atoms with van der Waals surface area (Å²) in [6, 6.07) is 2.28. The van der Waals surface area contributed by atoms with Crippen LogP contribution in [-0.4, -0.2) is 70.4 Å². The van der Waals surface area contributed by atoms with Gasteiger partial charge in [-0.15, -0.1) is 23.1 Å². The summed E-state index contributed by atoms with van der Waals surface area (Å²) < 4.78 is 0. The monoisotopic (exact) mass is 415 g/mol. The van der Waals surface area contributed by atoms with Crippen LogP contribution in [0, 0.1) is 0 Å². The molecule has 27 heavy (non-hydrogen) atoms. The number of thiophene rings is 1. The van der Waals surface area contributed by atoms with Crippen molar-refractivity contribution in [2.24, 2.45) is 5.73 Å². The predicted molar refractivity (Wildman–Crippen MR) is 105 cm³/mol. The molecule has 2 rings (SSSR count). The molecule has 150 valence electrons. The molecule has 1 fully saturated rings. The van der Waals surface area contributed by atoms with E-state index in [0.717, 1.165) is 4.88 Å². The number of carbonyl (C=O) groups is 3. The van der Waals surface area contributed by atoms with E-state index in [4.69, 9.17) is 10.8 Å². The minimum Gasteiger partial charge on any atom is -0.480 e. The summed E-state index contributed by atoms with van der Waals surface area (Å²) in [6.45, 7) is 0.378. The van der Waals surface area contributed by atoms with E-state index in [1.807, 2.05) is 17.5 Å². The fourth-order valence-corrected chi connectivity index (χ4v) is 5.19. The number of rotatable bonds is 10. The van der Waals surface area contributed by atoms with Crippen LogP contribution in [0.5, 0.6) is 0 Å². The summed E-state index contributed by atoms with van der Waals surface area (Å²) in [5.74, 6) is -2.09. The summed E-state index contributed by atoms with van der Waals surface area (Å²) >= 11 is 3.11. The van der Waals surface area contributed by atoms with Crippen molar-refractivity contribution in [2.45, 2.75) is 36.6 Å². The number of carbonyl (C=O) groups excluding carboxylic acids is 1. The first kappa shape index (κ1) is 21.7. The number of aliphatic carboxylic acids is 2. The zero-order chi connectivity index (χ0) is 19.8. The highest BCUT2D eigenvalue weighted by atomic mass is 32.2. The van der Waals surface area contributed by atoms with Gasteiger partial charge in [-0.1, -0.05) is 12.5 Å². The molecule has 0 radical (unpaired) electrons. The van der Waals surface area contributed by atoms with Crippen LogP contribution in [0.15, 0.2) is 17.5 Å². The Hall–Kier alpha value is -1.62. The minimum atomic E-state index is -1.09. The number of thioether (sulfide) groups is 1. The van der Waals surface area contributed by atoms with E-state index in [-0.39, 0.29) is 11.2 Å². The van der Waals surface area contributed by atoms with Gasteiger partial charge in [-0.05, 0) is 30.8 Å². The highest BCUT2D eigenvalue weighted by Crippen LogP contribution is 2.35. The van der Waals surface area contributed by atoms with E-state index in [9.17, 15) is 19.5 Å². The third-order valence-corrected chi connectivity index (χ3v) is 6.76. The Bertz CT molecular complexity index is 641. The molecule has 3 atom stereocenters. The number of nitrogens with two attached hydrogens (primary N) is 1. The topological polar surface area (TPSA) is 133 Å². The Kier molecular flexibility index (Phi) is 8.55. The van der Waals surface area contributed by atoms with Gasteiger partial charge in [-0.3, -0.25) is 19.7 Å². The van der Waals surface area contributed by atoms with Gasteiger partial charge >= 0.3 is 11.9 Å². The van der Waals surface area contributed by atoms with Gasteiger partial charge in [0, 0.05) is 17.2 Å². The largest absolute Gasteiger partial charge is 0.480 e. The van der Waals surface area contributed by atoms with Crippen LogP contribution in [0.25, 0.3) is 0 Å². The molecule has 8 nitrogen and oxygen atoms in total. The molecule has 10 heteroatoms. The Balaban J connectivity index is 2.13. The number of hydrogen-bond donors (Lipinski definition) is 4. The SMILES string of the molecule is NCCCC[C@@H](NC1CSC(c2cccs2)CN(CC(=O)O)C1=O)C(=O)O. The van der Waals surface area contributed by atoms with Crippen molar-refractivity contribution in [3.8, 4) is 0 Å². The first-order valence-corrected chi connectivity index (χ1v) is 10.7. The Labute approximate surface area is 166 Å². The lowest BCUT2D eigenvalue weighted by Crippen LogP contribution is -2.53. The molecule has 2 unspecified atom stereocenters. The van der Waals surface area contributed by atoms with Gasteiger partial charge in [0.2, 0.25) is 5.91 Å². The van der Waals surface area contributed by atoms with Gasteiger partial charge < -0.3 is 20.8 Å². The molecular formula is C17H25N3O5S2.